The van der Waals surface area contributed by atoms with Gasteiger partial charge >= 0.3 is 5.97 Å². The second-order valence-corrected chi connectivity index (χ2v) is 3.99. The van der Waals surface area contributed by atoms with Crippen LogP contribution in [0.2, 0.25) is 0 Å². The molecule has 0 heterocycles. The van der Waals surface area contributed by atoms with Crippen LogP contribution in [0.1, 0.15) is 40.0 Å². The summed E-state index contributed by atoms with van der Waals surface area (Å²) in [6.07, 6.45) is 1.28. The normalized spacial score (nSPS) is 11.1. The Morgan fingerprint density at radius 1 is 1.31 bits per heavy atom. The van der Waals surface area contributed by atoms with E-state index < -0.39 is 5.97 Å². The van der Waals surface area contributed by atoms with E-state index in [4.69, 9.17) is 0 Å². The van der Waals surface area contributed by atoms with Crippen molar-refractivity contribution in [1.82, 2.24) is 0 Å². The summed E-state index contributed by atoms with van der Waals surface area (Å²) in [5.41, 5.74) is -0.00882. The molecular weight excluding hydrogens is 168 g/mol. The second kappa shape index (κ2) is 5.00. The molecule has 0 aromatic heterocycles. The van der Waals surface area contributed by atoms with Crippen LogP contribution in [0, 0.1) is 5.41 Å². The van der Waals surface area contributed by atoms with E-state index in [9.17, 15) is 9.59 Å². The molecule has 0 amide bonds. The fraction of sp³-hybridized carbons (Fsp3) is 0.800. The first-order chi connectivity index (χ1) is 5.91. The van der Waals surface area contributed by atoms with Crippen LogP contribution in [0.4, 0.5) is 0 Å². The summed E-state index contributed by atoms with van der Waals surface area (Å²) >= 11 is 0. The largest absolute Gasteiger partial charge is 0.469 e. The van der Waals surface area contributed by atoms with Crippen molar-refractivity contribution in [2.45, 2.75) is 40.0 Å². The first-order valence-electron chi connectivity index (χ1n) is 4.50. The summed E-state index contributed by atoms with van der Waals surface area (Å²) in [6, 6.07) is 0. The third-order valence-corrected chi connectivity index (χ3v) is 2.20. The molecule has 0 N–H and O–H groups in total. The Balaban J connectivity index is 3.94. The van der Waals surface area contributed by atoms with Crippen molar-refractivity contribution in [3.8, 4) is 0 Å². The third-order valence-electron chi connectivity index (χ3n) is 2.20. The van der Waals surface area contributed by atoms with Gasteiger partial charge in [-0.15, -0.1) is 0 Å². The zero-order valence-corrected chi connectivity index (χ0v) is 8.85. The van der Waals surface area contributed by atoms with Gasteiger partial charge in [0.15, 0.2) is 0 Å². The molecule has 0 radical (unpaired) electrons. The summed E-state index contributed by atoms with van der Waals surface area (Å²) in [5.74, 6) is -0.490. The van der Waals surface area contributed by atoms with Gasteiger partial charge in [-0.3, -0.25) is 9.59 Å². The first kappa shape index (κ1) is 12.1. The summed E-state index contributed by atoms with van der Waals surface area (Å²) in [5, 5.41) is 0. The van der Waals surface area contributed by atoms with Crippen molar-refractivity contribution in [3.05, 3.63) is 0 Å². The zero-order valence-electron chi connectivity index (χ0n) is 8.85. The van der Waals surface area contributed by atoms with E-state index >= 15 is 0 Å². The molecule has 0 spiro atoms. The molecule has 0 fully saturated rings. The van der Waals surface area contributed by atoms with Gasteiger partial charge in [-0.1, -0.05) is 27.2 Å². The van der Waals surface area contributed by atoms with Gasteiger partial charge in [0.25, 0.3) is 0 Å². The van der Waals surface area contributed by atoms with Gasteiger partial charge in [-0.05, 0) is 5.41 Å². The number of methoxy groups -OCH3 is 1. The zero-order chi connectivity index (χ0) is 10.5. The lowest BCUT2D eigenvalue weighted by Crippen LogP contribution is -2.18. The van der Waals surface area contributed by atoms with Gasteiger partial charge in [0.2, 0.25) is 0 Å². The fourth-order valence-corrected chi connectivity index (χ4v) is 0.954. The highest BCUT2D eigenvalue weighted by molar-refractivity contribution is 5.95. The van der Waals surface area contributed by atoms with Gasteiger partial charge in [0.1, 0.15) is 12.2 Å². The second-order valence-electron chi connectivity index (χ2n) is 3.99. The molecule has 0 saturated heterocycles. The van der Waals surface area contributed by atoms with Crippen molar-refractivity contribution in [3.63, 3.8) is 0 Å². The maximum atomic E-state index is 11.3. The van der Waals surface area contributed by atoms with Crippen molar-refractivity contribution in [2.75, 3.05) is 7.11 Å². The van der Waals surface area contributed by atoms with E-state index in [0.29, 0.717) is 6.42 Å². The predicted molar refractivity (Wildman–Crippen MR) is 50.3 cm³/mol. The van der Waals surface area contributed by atoms with E-state index in [0.717, 1.165) is 6.42 Å². The summed E-state index contributed by atoms with van der Waals surface area (Å²) in [6.45, 7) is 6.07. The Bertz CT molecular complexity index is 194. The molecule has 0 unspecified atom stereocenters. The van der Waals surface area contributed by atoms with Gasteiger partial charge in [-0.25, -0.2) is 0 Å². The van der Waals surface area contributed by atoms with Gasteiger partial charge in [0, 0.05) is 6.42 Å². The Morgan fingerprint density at radius 3 is 2.23 bits per heavy atom. The number of hydrogen-bond acceptors (Lipinski definition) is 3. The summed E-state index contributed by atoms with van der Waals surface area (Å²) in [7, 11) is 1.29. The monoisotopic (exact) mass is 186 g/mol. The minimum atomic E-state index is -0.447. The van der Waals surface area contributed by atoms with Crippen LogP contribution >= 0.6 is 0 Å². The average Bonchev–Trinajstić information content (AvgIpc) is 2.03. The SMILES string of the molecule is CCC(C)(C)CC(=O)CC(=O)OC. The van der Waals surface area contributed by atoms with Crippen molar-refractivity contribution < 1.29 is 14.3 Å². The highest BCUT2D eigenvalue weighted by atomic mass is 16.5. The topological polar surface area (TPSA) is 43.4 Å². The van der Waals surface area contributed by atoms with Crippen LogP contribution in [0.5, 0.6) is 0 Å². The Hall–Kier alpha value is -0.860. The summed E-state index contributed by atoms with van der Waals surface area (Å²) in [4.78, 5) is 22.0. The molecule has 0 saturated carbocycles. The molecule has 0 aromatic rings. The lowest BCUT2D eigenvalue weighted by atomic mass is 9.84. The maximum Gasteiger partial charge on any atom is 0.313 e. The van der Waals surface area contributed by atoms with E-state index in [2.05, 4.69) is 4.74 Å². The van der Waals surface area contributed by atoms with Gasteiger partial charge < -0.3 is 4.74 Å². The van der Waals surface area contributed by atoms with Crippen molar-refractivity contribution >= 4 is 11.8 Å². The third kappa shape index (κ3) is 5.39. The van der Waals surface area contributed by atoms with Crippen molar-refractivity contribution in [2.24, 2.45) is 5.41 Å². The number of carbonyl (C=O) groups excluding carboxylic acids is 2. The van der Waals surface area contributed by atoms with Crippen LogP contribution in [0.3, 0.4) is 0 Å². The number of esters is 1. The highest BCUT2D eigenvalue weighted by Gasteiger charge is 2.21. The highest BCUT2D eigenvalue weighted by Crippen LogP contribution is 2.25. The molecule has 76 valence electrons. The molecule has 0 aliphatic heterocycles. The number of hydrogen-bond donors (Lipinski definition) is 0. The van der Waals surface area contributed by atoms with E-state index in [-0.39, 0.29) is 17.6 Å². The lowest BCUT2D eigenvalue weighted by Gasteiger charge is -2.20. The van der Waals surface area contributed by atoms with Crippen LogP contribution in [0.15, 0.2) is 0 Å². The Labute approximate surface area is 79.5 Å². The number of Topliss-reactive ketones (excluding diaryl/α,β-unsaturated/α-hetero) is 1. The molecule has 3 nitrogen and oxygen atoms in total. The number of carbonyl (C=O) groups is 2. The first-order valence-corrected chi connectivity index (χ1v) is 4.50. The average molecular weight is 186 g/mol. The minimum Gasteiger partial charge on any atom is -0.469 e. The predicted octanol–water partition coefficient (Wildman–Crippen LogP) is 1.94. The van der Waals surface area contributed by atoms with Crippen LogP contribution < -0.4 is 0 Å². The molecule has 13 heavy (non-hydrogen) atoms. The van der Waals surface area contributed by atoms with Crippen LogP contribution in [-0.4, -0.2) is 18.9 Å². The van der Waals surface area contributed by atoms with Crippen LogP contribution in [-0.2, 0) is 14.3 Å². The minimum absolute atomic E-state index is 0.00882. The number of rotatable bonds is 5. The Morgan fingerprint density at radius 2 is 1.85 bits per heavy atom. The fourth-order valence-electron chi connectivity index (χ4n) is 0.954. The van der Waals surface area contributed by atoms with Crippen molar-refractivity contribution in [1.29, 1.82) is 0 Å². The Kier molecular flexibility index (Phi) is 4.67. The van der Waals surface area contributed by atoms with Crippen LogP contribution in [0.25, 0.3) is 0 Å². The summed E-state index contributed by atoms with van der Waals surface area (Å²) < 4.78 is 4.41. The molecule has 0 rings (SSSR count). The molecule has 0 bridgehead atoms. The quantitative estimate of drug-likeness (QED) is 0.487. The molecule has 0 aliphatic rings. The van der Waals surface area contributed by atoms with E-state index in [1.54, 1.807) is 0 Å². The lowest BCUT2D eigenvalue weighted by molar-refractivity contribution is -0.143. The van der Waals surface area contributed by atoms with E-state index in [1.165, 1.54) is 7.11 Å². The molecular formula is C10H18O3. The number of ether oxygens (including phenoxy) is 1. The molecule has 0 aliphatic carbocycles. The smallest absolute Gasteiger partial charge is 0.313 e. The molecule has 3 heteroatoms. The molecule has 0 atom stereocenters. The van der Waals surface area contributed by atoms with Gasteiger partial charge in [0.05, 0.1) is 7.11 Å². The standard InChI is InChI=1S/C10H18O3/c1-5-10(2,3)7-8(11)6-9(12)13-4/h5-7H2,1-4H3. The maximum absolute atomic E-state index is 11.3. The van der Waals surface area contributed by atoms with E-state index in [1.807, 2.05) is 20.8 Å². The van der Waals surface area contributed by atoms with Gasteiger partial charge in [-0.2, -0.15) is 0 Å². The molecule has 0 aromatic carbocycles. The number of ketones is 1.